The molecule has 0 aliphatic heterocycles. The maximum atomic E-state index is 13.7. The van der Waals surface area contributed by atoms with Crippen LogP contribution in [0.3, 0.4) is 0 Å². The Morgan fingerprint density at radius 3 is 2.12 bits per heavy atom. The minimum atomic E-state index is -3.03. The third kappa shape index (κ3) is 3.73. The van der Waals surface area contributed by atoms with E-state index in [4.69, 9.17) is 10.2 Å². The number of benzene rings is 1. The number of aliphatic hydroxyl groups excluding tert-OH is 2. The van der Waals surface area contributed by atoms with Crippen LogP contribution in [-0.2, 0) is 5.92 Å². The highest BCUT2D eigenvalue weighted by molar-refractivity contribution is 5.20. The summed E-state index contributed by atoms with van der Waals surface area (Å²) >= 11 is 0. The van der Waals surface area contributed by atoms with E-state index >= 15 is 0 Å². The number of nitrogens with one attached hydrogen (secondary N) is 1. The molecule has 5 heteroatoms. The van der Waals surface area contributed by atoms with Gasteiger partial charge in [-0.3, -0.25) is 0 Å². The molecule has 0 radical (unpaired) electrons. The van der Waals surface area contributed by atoms with Crippen molar-refractivity contribution in [3.8, 4) is 0 Å². The largest absolute Gasteiger partial charge is 0.394 e. The van der Waals surface area contributed by atoms with E-state index in [-0.39, 0.29) is 5.56 Å². The normalized spacial score (nSPS) is 12.8. The SMILES string of the molecule is CC(CO)(CO)NCC(F)(F)c1ccccc1. The average Bonchev–Trinajstić information content (AvgIpc) is 2.37. The lowest BCUT2D eigenvalue weighted by Crippen LogP contribution is -2.52. The first kappa shape index (κ1) is 14.0. The van der Waals surface area contributed by atoms with Crippen molar-refractivity contribution in [3.63, 3.8) is 0 Å². The van der Waals surface area contributed by atoms with Gasteiger partial charge in [0.2, 0.25) is 0 Å². The molecule has 0 heterocycles. The Kier molecular flexibility index (Phi) is 4.56. The van der Waals surface area contributed by atoms with Crippen LogP contribution in [0.5, 0.6) is 0 Å². The van der Waals surface area contributed by atoms with Gasteiger partial charge in [-0.1, -0.05) is 30.3 Å². The highest BCUT2D eigenvalue weighted by atomic mass is 19.3. The molecule has 1 rings (SSSR count). The van der Waals surface area contributed by atoms with Crippen LogP contribution in [0.15, 0.2) is 30.3 Å². The van der Waals surface area contributed by atoms with Gasteiger partial charge in [0.1, 0.15) is 0 Å². The van der Waals surface area contributed by atoms with Crippen LogP contribution in [0.1, 0.15) is 12.5 Å². The van der Waals surface area contributed by atoms with Gasteiger partial charge in [0.15, 0.2) is 0 Å². The number of hydrogen-bond donors (Lipinski definition) is 3. The van der Waals surface area contributed by atoms with Crippen LogP contribution in [0.4, 0.5) is 8.78 Å². The first-order chi connectivity index (χ1) is 7.93. The number of alkyl halides is 2. The van der Waals surface area contributed by atoms with Gasteiger partial charge in [0, 0.05) is 5.56 Å². The van der Waals surface area contributed by atoms with Gasteiger partial charge >= 0.3 is 0 Å². The molecule has 1 aromatic carbocycles. The van der Waals surface area contributed by atoms with Crippen molar-refractivity contribution in [3.05, 3.63) is 35.9 Å². The van der Waals surface area contributed by atoms with Gasteiger partial charge < -0.3 is 15.5 Å². The fourth-order valence-electron chi connectivity index (χ4n) is 1.27. The first-order valence-corrected chi connectivity index (χ1v) is 5.34. The summed E-state index contributed by atoms with van der Waals surface area (Å²) in [5.74, 6) is -3.03. The zero-order chi connectivity index (χ0) is 12.9. The maximum Gasteiger partial charge on any atom is 0.285 e. The zero-order valence-electron chi connectivity index (χ0n) is 9.66. The molecule has 1 aromatic rings. The molecule has 0 saturated carbocycles. The van der Waals surface area contributed by atoms with E-state index in [2.05, 4.69) is 5.32 Å². The van der Waals surface area contributed by atoms with Crippen LogP contribution < -0.4 is 5.32 Å². The van der Waals surface area contributed by atoms with E-state index in [0.29, 0.717) is 0 Å². The Hall–Kier alpha value is -1.04. The molecular weight excluding hydrogens is 228 g/mol. The monoisotopic (exact) mass is 245 g/mol. The summed E-state index contributed by atoms with van der Waals surface area (Å²) in [5, 5.41) is 20.5. The van der Waals surface area contributed by atoms with Crippen LogP contribution in [0, 0.1) is 0 Å². The summed E-state index contributed by atoms with van der Waals surface area (Å²) in [6, 6.07) is 7.44. The molecule has 3 N–H and O–H groups in total. The zero-order valence-corrected chi connectivity index (χ0v) is 9.66. The Morgan fingerprint density at radius 2 is 1.65 bits per heavy atom. The molecular formula is C12H17F2NO2. The predicted octanol–water partition coefficient (Wildman–Crippen LogP) is 1.11. The molecule has 96 valence electrons. The number of aliphatic hydroxyl groups is 2. The minimum Gasteiger partial charge on any atom is -0.394 e. The Labute approximate surface area is 99.1 Å². The summed E-state index contributed by atoms with van der Waals surface area (Å²) in [4.78, 5) is 0. The molecule has 0 atom stereocenters. The standard InChI is InChI=1S/C12H17F2NO2/c1-11(8-16,9-17)15-7-12(13,14)10-5-3-2-4-6-10/h2-6,15-17H,7-9H2,1H3. The van der Waals surface area contributed by atoms with Crippen molar-refractivity contribution in [1.29, 1.82) is 0 Å². The summed E-state index contributed by atoms with van der Waals surface area (Å²) in [7, 11) is 0. The third-order valence-corrected chi connectivity index (χ3v) is 2.63. The van der Waals surface area contributed by atoms with E-state index in [1.807, 2.05) is 0 Å². The van der Waals surface area contributed by atoms with E-state index < -0.39 is 31.2 Å². The van der Waals surface area contributed by atoms with E-state index in [1.54, 1.807) is 18.2 Å². The van der Waals surface area contributed by atoms with Crippen molar-refractivity contribution < 1.29 is 19.0 Å². The predicted molar refractivity (Wildman–Crippen MR) is 60.9 cm³/mol. The Bertz CT molecular complexity index is 340. The van der Waals surface area contributed by atoms with Gasteiger partial charge in [-0.05, 0) is 6.92 Å². The second kappa shape index (κ2) is 5.53. The molecule has 0 bridgehead atoms. The van der Waals surface area contributed by atoms with Crippen molar-refractivity contribution >= 4 is 0 Å². The van der Waals surface area contributed by atoms with Crippen molar-refractivity contribution in [1.82, 2.24) is 5.32 Å². The molecule has 0 aliphatic carbocycles. The minimum absolute atomic E-state index is 0.0919. The summed E-state index contributed by atoms with van der Waals surface area (Å²) in [6.45, 7) is 0.0332. The topological polar surface area (TPSA) is 52.5 Å². The van der Waals surface area contributed by atoms with Gasteiger partial charge in [-0.2, -0.15) is 8.78 Å². The number of halogens is 2. The van der Waals surface area contributed by atoms with E-state index in [0.717, 1.165) is 0 Å². The fraction of sp³-hybridized carbons (Fsp3) is 0.500. The molecule has 0 spiro atoms. The van der Waals surface area contributed by atoms with Crippen molar-refractivity contribution in [2.45, 2.75) is 18.4 Å². The quantitative estimate of drug-likeness (QED) is 0.703. The molecule has 0 aliphatic rings. The summed E-state index contributed by atoms with van der Waals surface area (Å²) in [5.41, 5.74) is -1.19. The van der Waals surface area contributed by atoms with Crippen LogP contribution >= 0.6 is 0 Å². The second-order valence-electron chi connectivity index (χ2n) is 4.30. The second-order valence-corrected chi connectivity index (χ2v) is 4.30. The van der Waals surface area contributed by atoms with Crippen LogP contribution in [0.2, 0.25) is 0 Å². The van der Waals surface area contributed by atoms with Crippen molar-refractivity contribution in [2.75, 3.05) is 19.8 Å². The summed E-state index contributed by atoms with van der Waals surface area (Å²) in [6.07, 6.45) is 0. The maximum absolute atomic E-state index is 13.7. The number of rotatable bonds is 6. The highest BCUT2D eigenvalue weighted by Crippen LogP contribution is 2.27. The Morgan fingerprint density at radius 1 is 1.12 bits per heavy atom. The first-order valence-electron chi connectivity index (χ1n) is 5.34. The molecule has 0 saturated heterocycles. The van der Waals surface area contributed by atoms with Gasteiger partial charge in [0.25, 0.3) is 5.92 Å². The molecule has 17 heavy (non-hydrogen) atoms. The van der Waals surface area contributed by atoms with Crippen LogP contribution in [0.25, 0.3) is 0 Å². The molecule has 0 amide bonds. The highest BCUT2D eigenvalue weighted by Gasteiger charge is 2.34. The smallest absolute Gasteiger partial charge is 0.285 e. The molecule has 0 aromatic heterocycles. The average molecular weight is 245 g/mol. The summed E-state index contributed by atoms with van der Waals surface area (Å²) < 4.78 is 27.5. The lowest BCUT2D eigenvalue weighted by Gasteiger charge is -2.29. The molecule has 0 fully saturated rings. The van der Waals surface area contributed by atoms with E-state index in [9.17, 15) is 8.78 Å². The fourth-order valence-corrected chi connectivity index (χ4v) is 1.27. The van der Waals surface area contributed by atoms with E-state index in [1.165, 1.54) is 19.1 Å². The number of hydrogen-bond acceptors (Lipinski definition) is 3. The molecule has 0 unspecified atom stereocenters. The Balaban J connectivity index is 2.68. The van der Waals surface area contributed by atoms with Gasteiger partial charge in [-0.15, -0.1) is 0 Å². The van der Waals surface area contributed by atoms with Gasteiger partial charge in [0.05, 0.1) is 25.3 Å². The lowest BCUT2D eigenvalue weighted by atomic mass is 10.0. The third-order valence-electron chi connectivity index (χ3n) is 2.63. The lowest BCUT2D eigenvalue weighted by molar-refractivity contribution is -0.0189. The van der Waals surface area contributed by atoms with Gasteiger partial charge in [-0.25, -0.2) is 0 Å². The molecule has 3 nitrogen and oxygen atoms in total. The van der Waals surface area contributed by atoms with Crippen molar-refractivity contribution in [2.24, 2.45) is 0 Å². The van der Waals surface area contributed by atoms with Crippen LogP contribution in [-0.4, -0.2) is 35.5 Å².